The van der Waals surface area contributed by atoms with Gasteiger partial charge in [0.05, 0.1) is 11.8 Å². The van der Waals surface area contributed by atoms with E-state index < -0.39 is 0 Å². The molecule has 0 spiro atoms. The number of carbonyl (C=O) groups is 3. The number of likely N-dealkylation sites (tertiary alicyclic amines) is 1. The van der Waals surface area contributed by atoms with Crippen molar-refractivity contribution in [3.05, 3.63) is 12.2 Å². The van der Waals surface area contributed by atoms with Gasteiger partial charge in [-0.2, -0.15) is 0 Å². The molecule has 1 aliphatic heterocycles. The zero-order valence-electron chi connectivity index (χ0n) is 15.2. The fraction of sp³-hybridized carbons (Fsp3) is 0.737. The van der Waals surface area contributed by atoms with Gasteiger partial charge in [0.1, 0.15) is 0 Å². The smallest absolute Gasteiger partial charge is 0.317 e. The minimum atomic E-state index is -0.163. The van der Waals surface area contributed by atoms with Crippen molar-refractivity contribution < 1.29 is 14.4 Å². The summed E-state index contributed by atoms with van der Waals surface area (Å²) in [5, 5.41) is 2.87. The average Bonchev–Trinajstić information content (AvgIpc) is 2.89. The maximum Gasteiger partial charge on any atom is 0.317 e. The molecule has 0 aromatic rings. The number of fused-ring (bicyclic) bond motifs is 1. The Morgan fingerprint density at radius 2 is 1.60 bits per heavy atom. The first-order valence-electron chi connectivity index (χ1n) is 9.64. The molecule has 0 unspecified atom stereocenters. The van der Waals surface area contributed by atoms with E-state index in [2.05, 4.69) is 17.5 Å². The molecule has 3 aliphatic carbocycles. The highest BCUT2D eigenvalue weighted by atomic mass is 16.2. The van der Waals surface area contributed by atoms with Crippen LogP contribution in [0.1, 0.15) is 39.5 Å². The molecule has 0 aromatic carbocycles. The van der Waals surface area contributed by atoms with Crippen LogP contribution in [-0.2, 0) is 9.59 Å². The van der Waals surface area contributed by atoms with Crippen molar-refractivity contribution >= 4 is 17.8 Å². The highest BCUT2D eigenvalue weighted by molar-refractivity contribution is 6.06. The Morgan fingerprint density at radius 3 is 2.04 bits per heavy atom. The largest absolute Gasteiger partial charge is 0.336 e. The van der Waals surface area contributed by atoms with Crippen LogP contribution in [0.4, 0.5) is 4.79 Å². The maximum absolute atomic E-state index is 12.7. The summed E-state index contributed by atoms with van der Waals surface area (Å²) in [6.07, 6.45) is 8.09. The summed E-state index contributed by atoms with van der Waals surface area (Å²) in [6, 6.07) is -0.109. The second-order valence-electron chi connectivity index (χ2n) is 7.39. The van der Waals surface area contributed by atoms with E-state index in [9.17, 15) is 14.4 Å². The van der Waals surface area contributed by atoms with Crippen LogP contribution in [0.15, 0.2) is 12.2 Å². The summed E-state index contributed by atoms with van der Waals surface area (Å²) in [5.74, 6) is 0.0306. The molecular formula is C19H29N3O3. The van der Waals surface area contributed by atoms with Crippen LogP contribution in [0.3, 0.4) is 0 Å². The number of rotatable bonds is 7. The summed E-state index contributed by atoms with van der Waals surface area (Å²) in [4.78, 5) is 40.8. The molecule has 4 amide bonds. The van der Waals surface area contributed by atoms with Gasteiger partial charge < -0.3 is 10.2 Å². The molecule has 6 nitrogen and oxygen atoms in total. The van der Waals surface area contributed by atoms with Crippen molar-refractivity contribution in [3.63, 3.8) is 0 Å². The number of nitrogens with one attached hydrogen (secondary N) is 1. The first kappa shape index (κ1) is 18.0. The van der Waals surface area contributed by atoms with E-state index in [0.717, 1.165) is 38.8 Å². The Labute approximate surface area is 149 Å². The van der Waals surface area contributed by atoms with Crippen molar-refractivity contribution in [2.75, 3.05) is 26.2 Å². The molecule has 1 saturated carbocycles. The van der Waals surface area contributed by atoms with Crippen LogP contribution in [0.2, 0.25) is 0 Å². The van der Waals surface area contributed by atoms with Crippen LogP contribution in [-0.4, -0.2) is 53.8 Å². The van der Waals surface area contributed by atoms with Gasteiger partial charge in [0.25, 0.3) is 0 Å². The van der Waals surface area contributed by atoms with Gasteiger partial charge in [-0.25, -0.2) is 4.79 Å². The molecule has 2 bridgehead atoms. The lowest BCUT2D eigenvalue weighted by atomic mass is 9.63. The van der Waals surface area contributed by atoms with Crippen molar-refractivity contribution in [2.45, 2.75) is 39.5 Å². The van der Waals surface area contributed by atoms with Crippen LogP contribution in [0, 0.1) is 23.7 Å². The van der Waals surface area contributed by atoms with Crippen LogP contribution < -0.4 is 5.32 Å². The predicted octanol–water partition coefficient (Wildman–Crippen LogP) is 2.02. The lowest BCUT2D eigenvalue weighted by Gasteiger charge is -2.38. The molecule has 25 heavy (non-hydrogen) atoms. The summed E-state index contributed by atoms with van der Waals surface area (Å²) in [7, 11) is 0. The fourth-order valence-corrected chi connectivity index (χ4v) is 4.60. The number of carbonyl (C=O) groups excluding carboxylic acids is 3. The minimum absolute atomic E-state index is 0.0396. The van der Waals surface area contributed by atoms with Gasteiger partial charge in [-0.15, -0.1) is 0 Å². The second-order valence-corrected chi connectivity index (χ2v) is 7.39. The molecule has 4 atom stereocenters. The molecule has 1 heterocycles. The minimum Gasteiger partial charge on any atom is -0.336 e. The number of imide groups is 1. The highest BCUT2D eigenvalue weighted by Gasteiger charge is 2.56. The molecule has 2 fully saturated rings. The third-order valence-electron chi connectivity index (χ3n) is 5.74. The fourth-order valence-electron chi connectivity index (χ4n) is 4.60. The maximum atomic E-state index is 12.7. The second kappa shape index (κ2) is 7.58. The van der Waals surface area contributed by atoms with E-state index in [-0.39, 0.29) is 48.1 Å². The normalized spacial score (nSPS) is 29.9. The third kappa shape index (κ3) is 3.31. The zero-order chi connectivity index (χ0) is 18.0. The van der Waals surface area contributed by atoms with Gasteiger partial charge in [-0.1, -0.05) is 26.0 Å². The van der Waals surface area contributed by atoms with Gasteiger partial charge >= 0.3 is 6.03 Å². The number of nitrogens with zero attached hydrogens (tertiary/aromatic N) is 2. The number of allylic oxidation sites excluding steroid dienone is 2. The van der Waals surface area contributed by atoms with Gasteiger partial charge in [0.2, 0.25) is 11.8 Å². The average molecular weight is 347 g/mol. The summed E-state index contributed by atoms with van der Waals surface area (Å²) >= 11 is 0. The molecule has 4 aliphatic rings. The summed E-state index contributed by atoms with van der Waals surface area (Å²) < 4.78 is 0. The van der Waals surface area contributed by atoms with Gasteiger partial charge in [-0.05, 0) is 37.5 Å². The van der Waals surface area contributed by atoms with Crippen LogP contribution >= 0.6 is 0 Å². The van der Waals surface area contributed by atoms with E-state index >= 15 is 0 Å². The predicted molar refractivity (Wildman–Crippen MR) is 94.6 cm³/mol. The monoisotopic (exact) mass is 347 g/mol. The SMILES string of the molecule is CCCN(CCC)C(=O)NCCN1C(=O)[C@@H]2[C@H](C1=O)[C@H]1C=C[C@H]2CC1. The van der Waals surface area contributed by atoms with E-state index in [4.69, 9.17) is 0 Å². The van der Waals surface area contributed by atoms with Gasteiger partial charge in [0.15, 0.2) is 0 Å². The molecule has 138 valence electrons. The van der Waals surface area contributed by atoms with Crippen molar-refractivity contribution in [1.29, 1.82) is 0 Å². The van der Waals surface area contributed by atoms with E-state index in [1.807, 2.05) is 13.8 Å². The topological polar surface area (TPSA) is 69.7 Å². The first-order chi connectivity index (χ1) is 12.1. The Hall–Kier alpha value is -1.85. The highest BCUT2D eigenvalue weighted by Crippen LogP contribution is 2.49. The van der Waals surface area contributed by atoms with Crippen molar-refractivity contribution in [3.8, 4) is 0 Å². The first-order valence-corrected chi connectivity index (χ1v) is 9.64. The van der Waals surface area contributed by atoms with E-state index in [0.29, 0.717) is 6.54 Å². The van der Waals surface area contributed by atoms with Gasteiger partial charge in [-0.3, -0.25) is 14.5 Å². The van der Waals surface area contributed by atoms with Crippen LogP contribution in [0.5, 0.6) is 0 Å². The van der Waals surface area contributed by atoms with Crippen LogP contribution in [0.25, 0.3) is 0 Å². The number of amides is 4. The zero-order valence-corrected chi connectivity index (χ0v) is 15.2. The Morgan fingerprint density at radius 1 is 1.08 bits per heavy atom. The lowest BCUT2D eigenvalue weighted by Crippen LogP contribution is -2.45. The number of urea groups is 1. The van der Waals surface area contributed by atoms with Crippen molar-refractivity contribution in [1.82, 2.24) is 15.1 Å². The molecule has 0 radical (unpaired) electrons. The molecule has 1 N–H and O–H groups in total. The summed E-state index contributed by atoms with van der Waals surface area (Å²) in [6.45, 7) is 6.13. The quantitative estimate of drug-likeness (QED) is 0.566. The van der Waals surface area contributed by atoms with Crippen molar-refractivity contribution in [2.24, 2.45) is 23.7 Å². The Balaban J connectivity index is 1.55. The van der Waals surface area contributed by atoms with Gasteiger partial charge in [0, 0.05) is 26.2 Å². The Bertz CT molecular complexity index is 536. The molecule has 6 heteroatoms. The third-order valence-corrected chi connectivity index (χ3v) is 5.74. The standard InChI is InChI=1S/C19H29N3O3/c1-3-10-21(11-4-2)19(25)20-9-12-22-17(23)15-13-5-6-14(8-7-13)16(15)18(22)24/h5-6,13-16H,3-4,7-12H2,1-2H3,(H,20,25)/t13-,14-,15-,16+/m0/s1. The Kier molecular flexibility index (Phi) is 5.45. The molecule has 4 rings (SSSR count). The summed E-state index contributed by atoms with van der Waals surface area (Å²) in [5.41, 5.74) is 0. The number of hydrogen-bond donors (Lipinski definition) is 1. The van der Waals surface area contributed by atoms with E-state index in [1.165, 1.54) is 4.90 Å². The molecule has 0 aromatic heterocycles. The lowest BCUT2D eigenvalue weighted by molar-refractivity contribution is -0.140. The number of hydrogen-bond acceptors (Lipinski definition) is 3. The molecule has 1 saturated heterocycles. The van der Waals surface area contributed by atoms with E-state index in [1.54, 1.807) is 4.90 Å². The molecular weight excluding hydrogens is 318 g/mol.